The third kappa shape index (κ3) is 3.44. The molecular formula is C19H17N3O2. The number of amides is 2. The van der Waals surface area contributed by atoms with E-state index < -0.39 is 0 Å². The first-order valence-corrected chi connectivity index (χ1v) is 7.85. The van der Waals surface area contributed by atoms with Crippen molar-refractivity contribution in [3.05, 3.63) is 65.2 Å². The highest BCUT2D eigenvalue weighted by molar-refractivity contribution is 5.97. The van der Waals surface area contributed by atoms with E-state index in [1.807, 2.05) is 12.1 Å². The molecular weight excluding hydrogens is 302 g/mol. The van der Waals surface area contributed by atoms with E-state index >= 15 is 0 Å². The van der Waals surface area contributed by atoms with Crippen molar-refractivity contribution < 1.29 is 9.59 Å². The summed E-state index contributed by atoms with van der Waals surface area (Å²) in [5.41, 5.74) is 2.92. The van der Waals surface area contributed by atoms with Gasteiger partial charge in [-0.25, -0.2) is 0 Å². The Bertz CT molecular complexity index is 789. The number of hydrogen-bond acceptors (Lipinski definition) is 3. The number of anilines is 1. The predicted molar refractivity (Wildman–Crippen MR) is 90.4 cm³/mol. The smallest absolute Gasteiger partial charge is 0.251 e. The molecule has 5 nitrogen and oxygen atoms in total. The van der Waals surface area contributed by atoms with Crippen LogP contribution >= 0.6 is 0 Å². The molecule has 2 aromatic carbocycles. The van der Waals surface area contributed by atoms with Gasteiger partial charge in [0.2, 0.25) is 5.91 Å². The molecule has 5 heteroatoms. The first kappa shape index (κ1) is 15.8. The molecule has 0 aromatic heterocycles. The Labute approximate surface area is 140 Å². The Morgan fingerprint density at radius 1 is 1.12 bits per heavy atom. The highest BCUT2D eigenvalue weighted by atomic mass is 16.2. The van der Waals surface area contributed by atoms with Gasteiger partial charge in [0.1, 0.15) is 0 Å². The molecule has 0 radical (unpaired) electrons. The Balaban J connectivity index is 1.60. The number of carbonyl (C=O) groups is 2. The number of carbonyl (C=O) groups excluding carboxylic acids is 2. The van der Waals surface area contributed by atoms with Crippen molar-refractivity contribution in [2.45, 2.75) is 19.4 Å². The normalized spacial score (nSPS) is 13.6. The van der Waals surface area contributed by atoms with Gasteiger partial charge < -0.3 is 10.2 Å². The first-order valence-electron chi connectivity index (χ1n) is 7.85. The van der Waals surface area contributed by atoms with Crippen molar-refractivity contribution in [3.63, 3.8) is 0 Å². The van der Waals surface area contributed by atoms with Crippen LogP contribution in [-0.2, 0) is 11.3 Å². The van der Waals surface area contributed by atoms with Crippen LogP contribution in [0.4, 0.5) is 5.69 Å². The van der Waals surface area contributed by atoms with Crippen LogP contribution in [0, 0.1) is 11.3 Å². The van der Waals surface area contributed by atoms with Gasteiger partial charge in [-0.05, 0) is 48.4 Å². The minimum Gasteiger partial charge on any atom is -0.348 e. The van der Waals surface area contributed by atoms with Crippen LogP contribution in [0.15, 0.2) is 48.5 Å². The number of nitrogens with one attached hydrogen (secondary N) is 1. The van der Waals surface area contributed by atoms with Crippen LogP contribution in [-0.4, -0.2) is 18.4 Å². The van der Waals surface area contributed by atoms with Gasteiger partial charge in [0.05, 0.1) is 11.6 Å². The van der Waals surface area contributed by atoms with Crippen molar-refractivity contribution in [3.8, 4) is 6.07 Å². The van der Waals surface area contributed by atoms with Gasteiger partial charge in [0.15, 0.2) is 0 Å². The molecule has 0 bridgehead atoms. The zero-order valence-electron chi connectivity index (χ0n) is 13.2. The first-order chi connectivity index (χ1) is 11.7. The molecule has 2 aromatic rings. The molecule has 1 heterocycles. The summed E-state index contributed by atoms with van der Waals surface area (Å²) in [5.74, 6) is -0.0355. The molecule has 24 heavy (non-hydrogen) atoms. The van der Waals surface area contributed by atoms with E-state index in [0.29, 0.717) is 24.1 Å². The van der Waals surface area contributed by atoms with E-state index in [1.54, 1.807) is 41.3 Å². The molecule has 1 saturated heterocycles. The van der Waals surface area contributed by atoms with Crippen LogP contribution < -0.4 is 10.2 Å². The van der Waals surface area contributed by atoms with Crippen molar-refractivity contribution >= 4 is 17.5 Å². The average Bonchev–Trinajstić information content (AvgIpc) is 3.06. The molecule has 3 rings (SSSR count). The fourth-order valence-electron chi connectivity index (χ4n) is 2.70. The van der Waals surface area contributed by atoms with Gasteiger partial charge in [-0.2, -0.15) is 5.26 Å². The maximum Gasteiger partial charge on any atom is 0.251 e. The van der Waals surface area contributed by atoms with E-state index in [0.717, 1.165) is 24.2 Å². The van der Waals surface area contributed by atoms with Crippen LogP contribution in [0.25, 0.3) is 0 Å². The third-order valence-corrected chi connectivity index (χ3v) is 4.05. The van der Waals surface area contributed by atoms with E-state index in [4.69, 9.17) is 5.26 Å². The summed E-state index contributed by atoms with van der Waals surface area (Å²) < 4.78 is 0. The molecule has 1 aliphatic heterocycles. The van der Waals surface area contributed by atoms with E-state index in [2.05, 4.69) is 11.4 Å². The van der Waals surface area contributed by atoms with Crippen molar-refractivity contribution in [2.75, 3.05) is 11.4 Å². The molecule has 0 aliphatic carbocycles. The number of nitriles is 1. The number of hydrogen-bond donors (Lipinski definition) is 1. The van der Waals surface area contributed by atoms with Crippen LogP contribution in [0.5, 0.6) is 0 Å². The standard InChI is InChI=1S/C19H17N3O2/c20-12-14-3-5-15(6-4-14)13-21-19(24)16-7-9-17(10-8-16)22-11-1-2-18(22)23/h3-10H,1-2,11,13H2,(H,21,24). The Hall–Kier alpha value is -3.13. The lowest BCUT2D eigenvalue weighted by molar-refractivity contribution is -0.117. The van der Waals surface area contributed by atoms with Gasteiger partial charge in [0, 0.05) is 30.8 Å². The molecule has 0 saturated carbocycles. The highest BCUT2D eigenvalue weighted by Crippen LogP contribution is 2.21. The van der Waals surface area contributed by atoms with E-state index in [9.17, 15) is 9.59 Å². The lowest BCUT2D eigenvalue weighted by Gasteiger charge is -2.15. The fourth-order valence-corrected chi connectivity index (χ4v) is 2.70. The highest BCUT2D eigenvalue weighted by Gasteiger charge is 2.21. The summed E-state index contributed by atoms with van der Waals surface area (Å²) in [6, 6.07) is 16.2. The number of benzene rings is 2. The summed E-state index contributed by atoms with van der Waals surface area (Å²) in [6.07, 6.45) is 1.47. The van der Waals surface area contributed by atoms with Crippen LogP contribution in [0.1, 0.15) is 34.3 Å². The van der Waals surface area contributed by atoms with Gasteiger partial charge in [0.25, 0.3) is 5.91 Å². The zero-order chi connectivity index (χ0) is 16.9. The fraction of sp³-hybridized carbons (Fsp3) is 0.211. The minimum atomic E-state index is -0.168. The maximum atomic E-state index is 12.2. The van der Waals surface area contributed by atoms with Gasteiger partial charge in [-0.1, -0.05) is 12.1 Å². The third-order valence-electron chi connectivity index (χ3n) is 4.05. The van der Waals surface area contributed by atoms with Crippen LogP contribution in [0.3, 0.4) is 0 Å². The largest absolute Gasteiger partial charge is 0.348 e. The second-order valence-electron chi connectivity index (χ2n) is 5.69. The SMILES string of the molecule is N#Cc1ccc(CNC(=O)c2ccc(N3CCCC3=O)cc2)cc1. The van der Waals surface area contributed by atoms with E-state index in [1.165, 1.54) is 0 Å². The second kappa shape index (κ2) is 6.97. The topological polar surface area (TPSA) is 73.2 Å². The summed E-state index contributed by atoms with van der Waals surface area (Å²) in [7, 11) is 0. The summed E-state index contributed by atoms with van der Waals surface area (Å²) >= 11 is 0. The second-order valence-corrected chi connectivity index (χ2v) is 5.69. The summed E-state index contributed by atoms with van der Waals surface area (Å²) in [5, 5.41) is 11.6. The Morgan fingerprint density at radius 3 is 2.42 bits per heavy atom. The minimum absolute atomic E-state index is 0.132. The number of rotatable bonds is 4. The maximum absolute atomic E-state index is 12.2. The Morgan fingerprint density at radius 2 is 1.83 bits per heavy atom. The van der Waals surface area contributed by atoms with Gasteiger partial charge >= 0.3 is 0 Å². The van der Waals surface area contributed by atoms with Crippen molar-refractivity contribution in [1.29, 1.82) is 5.26 Å². The molecule has 0 spiro atoms. The molecule has 120 valence electrons. The molecule has 1 aliphatic rings. The lowest BCUT2D eigenvalue weighted by atomic mass is 10.1. The zero-order valence-corrected chi connectivity index (χ0v) is 13.2. The van der Waals surface area contributed by atoms with Gasteiger partial charge in [-0.15, -0.1) is 0 Å². The predicted octanol–water partition coefficient (Wildman–Crippen LogP) is 2.62. The molecule has 1 N–H and O–H groups in total. The van der Waals surface area contributed by atoms with Gasteiger partial charge in [-0.3, -0.25) is 9.59 Å². The Kier molecular flexibility index (Phi) is 4.57. The quantitative estimate of drug-likeness (QED) is 0.941. The van der Waals surface area contributed by atoms with Crippen LogP contribution in [0.2, 0.25) is 0 Å². The molecule has 2 amide bonds. The summed E-state index contributed by atoms with van der Waals surface area (Å²) in [4.78, 5) is 25.7. The molecule has 0 atom stereocenters. The van der Waals surface area contributed by atoms with Crippen molar-refractivity contribution in [1.82, 2.24) is 5.32 Å². The molecule has 0 unspecified atom stereocenters. The number of nitrogens with zero attached hydrogens (tertiary/aromatic N) is 2. The summed E-state index contributed by atoms with van der Waals surface area (Å²) in [6.45, 7) is 1.14. The van der Waals surface area contributed by atoms with E-state index in [-0.39, 0.29) is 11.8 Å². The van der Waals surface area contributed by atoms with Crippen molar-refractivity contribution in [2.24, 2.45) is 0 Å². The monoisotopic (exact) mass is 319 g/mol. The lowest BCUT2D eigenvalue weighted by Crippen LogP contribution is -2.24. The average molecular weight is 319 g/mol. The molecule has 1 fully saturated rings.